The average molecular weight is 429 g/mol. The Kier molecular flexibility index (Phi) is 5.51. The molecule has 2 N–H and O–H groups in total. The second-order valence-corrected chi connectivity index (χ2v) is 9.65. The minimum atomic E-state index is -3.52. The lowest BCUT2D eigenvalue weighted by Crippen LogP contribution is -2.32. The number of sulfonamides is 1. The second-order valence-electron chi connectivity index (χ2n) is 7.71. The Morgan fingerprint density at radius 1 is 1.17 bits per heavy atom. The summed E-state index contributed by atoms with van der Waals surface area (Å²) in [7, 11) is -1.98. The van der Waals surface area contributed by atoms with E-state index in [4.69, 9.17) is 4.74 Å². The third-order valence-corrected chi connectivity index (χ3v) is 8.31. The number of hydrogen-bond donors (Lipinski definition) is 2. The Bertz CT molecular complexity index is 1080. The number of ether oxygens (including phenoxy) is 1. The zero-order valence-electron chi connectivity index (χ0n) is 17.5. The average Bonchev–Trinajstić information content (AvgIpc) is 3.24. The monoisotopic (exact) mass is 428 g/mol. The van der Waals surface area contributed by atoms with Crippen LogP contribution in [0.25, 0.3) is 0 Å². The largest absolute Gasteiger partial charge is 0.504 e. The second kappa shape index (κ2) is 7.96. The van der Waals surface area contributed by atoms with Crippen LogP contribution in [0.5, 0.6) is 11.5 Å². The van der Waals surface area contributed by atoms with E-state index in [1.165, 1.54) is 4.31 Å². The fraction of sp³-hybridized carbons (Fsp3) is 0.391. The number of para-hydroxylation sites is 1. The maximum Gasteiger partial charge on any atom is 0.243 e. The summed E-state index contributed by atoms with van der Waals surface area (Å²) in [5.41, 5.74) is 2.67. The molecule has 3 unspecified atom stereocenters. The molecule has 7 heteroatoms. The van der Waals surface area contributed by atoms with Gasteiger partial charge in [-0.2, -0.15) is 4.31 Å². The first kappa shape index (κ1) is 20.8. The first-order chi connectivity index (χ1) is 14.4. The molecule has 0 saturated carbocycles. The molecular weight excluding hydrogens is 400 g/mol. The molecule has 0 spiro atoms. The van der Waals surface area contributed by atoms with Crippen molar-refractivity contribution >= 4 is 15.7 Å². The Balaban J connectivity index is 1.76. The molecule has 0 fully saturated rings. The molecule has 2 aliphatic rings. The quantitative estimate of drug-likeness (QED) is 0.672. The van der Waals surface area contributed by atoms with E-state index in [-0.39, 0.29) is 23.6 Å². The summed E-state index contributed by atoms with van der Waals surface area (Å²) in [4.78, 5) is 0.327. The van der Waals surface area contributed by atoms with Crippen LogP contribution < -0.4 is 10.1 Å². The van der Waals surface area contributed by atoms with Gasteiger partial charge in [-0.3, -0.25) is 0 Å². The summed E-state index contributed by atoms with van der Waals surface area (Å²) in [6.45, 7) is 4.58. The van der Waals surface area contributed by atoms with E-state index in [1.807, 2.05) is 38.1 Å². The van der Waals surface area contributed by atoms with Crippen molar-refractivity contribution in [1.29, 1.82) is 0 Å². The molecule has 160 valence electrons. The number of nitrogens with one attached hydrogen (secondary N) is 1. The van der Waals surface area contributed by atoms with Crippen molar-refractivity contribution in [3.05, 3.63) is 59.7 Å². The highest BCUT2D eigenvalue weighted by Gasteiger charge is 2.40. The van der Waals surface area contributed by atoms with Gasteiger partial charge in [-0.25, -0.2) is 8.42 Å². The van der Waals surface area contributed by atoms with Crippen LogP contribution in [0.15, 0.2) is 53.4 Å². The van der Waals surface area contributed by atoms with Gasteiger partial charge in [-0.15, -0.1) is 0 Å². The summed E-state index contributed by atoms with van der Waals surface area (Å²) in [5, 5.41) is 14.3. The molecule has 0 amide bonds. The maximum atomic E-state index is 13.0. The summed E-state index contributed by atoms with van der Waals surface area (Å²) in [5.74, 6) is 0.862. The number of fused-ring (bicyclic) bond motifs is 3. The Morgan fingerprint density at radius 2 is 1.93 bits per heavy atom. The van der Waals surface area contributed by atoms with Gasteiger partial charge in [0, 0.05) is 30.3 Å². The van der Waals surface area contributed by atoms with E-state index in [0.29, 0.717) is 23.7 Å². The van der Waals surface area contributed by atoms with Crippen LogP contribution in [-0.4, -0.2) is 38.0 Å². The number of phenolic OH excluding ortho intramolecular Hbond substituents is 1. The van der Waals surface area contributed by atoms with Gasteiger partial charge in [0.15, 0.2) is 11.5 Å². The van der Waals surface area contributed by atoms with Crippen LogP contribution in [0, 0.1) is 5.92 Å². The molecule has 0 radical (unpaired) electrons. The first-order valence-corrected chi connectivity index (χ1v) is 11.8. The lowest BCUT2D eigenvalue weighted by atomic mass is 9.77. The van der Waals surface area contributed by atoms with Crippen molar-refractivity contribution in [2.75, 3.05) is 25.5 Å². The van der Waals surface area contributed by atoms with Crippen LogP contribution in [0.3, 0.4) is 0 Å². The normalized spacial score (nSPS) is 22.5. The molecule has 3 atom stereocenters. The summed E-state index contributed by atoms with van der Waals surface area (Å²) < 4.78 is 32.8. The van der Waals surface area contributed by atoms with Crippen molar-refractivity contribution in [3.8, 4) is 11.5 Å². The van der Waals surface area contributed by atoms with Crippen LogP contribution in [0.4, 0.5) is 5.69 Å². The van der Waals surface area contributed by atoms with Gasteiger partial charge < -0.3 is 15.2 Å². The molecule has 0 saturated heterocycles. The Labute approximate surface area is 178 Å². The van der Waals surface area contributed by atoms with E-state index < -0.39 is 10.0 Å². The molecule has 4 rings (SSSR count). The van der Waals surface area contributed by atoms with Gasteiger partial charge in [-0.05, 0) is 42.2 Å². The number of anilines is 1. The molecule has 2 aromatic rings. The molecule has 0 aromatic heterocycles. The van der Waals surface area contributed by atoms with Gasteiger partial charge in [0.2, 0.25) is 10.0 Å². The number of methoxy groups -OCH3 is 1. The number of phenols is 1. The number of hydrogen-bond acceptors (Lipinski definition) is 5. The predicted molar refractivity (Wildman–Crippen MR) is 118 cm³/mol. The van der Waals surface area contributed by atoms with E-state index in [9.17, 15) is 13.5 Å². The topological polar surface area (TPSA) is 78.9 Å². The molecule has 6 nitrogen and oxygen atoms in total. The highest BCUT2D eigenvalue weighted by atomic mass is 32.2. The zero-order chi connectivity index (χ0) is 21.5. The molecule has 30 heavy (non-hydrogen) atoms. The number of nitrogens with zero attached hydrogens (tertiary/aromatic N) is 1. The molecule has 1 aliphatic carbocycles. The highest BCUT2D eigenvalue weighted by molar-refractivity contribution is 7.89. The van der Waals surface area contributed by atoms with Crippen LogP contribution in [-0.2, 0) is 10.0 Å². The van der Waals surface area contributed by atoms with E-state index in [0.717, 1.165) is 23.2 Å². The molecule has 1 aliphatic heterocycles. The van der Waals surface area contributed by atoms with Gasteiger partial charge in [0.25, 0.3) is 0 Å². The molecule has 1 heterocycles. The number of allylic oxidation sites excluding steroid dienone is 2. The van der Waals surface area contributed by atoms with Crippen LogP contribution in [0.2, 0.25) is 0 Å². The van der Waals surface area contributed by atoms with Crippen molar-refractivity contribution < 1.29 is 18.3 Å². The van der Waals surface area contributed by atoms with Crippen LogP contribution >= 0.6 is 0 Å². The summed E-state index contributed by atoms with van der Waals surface area (Å²) >= 11 is 0. The standard InChI is InChI=1S/C23H28N2O4S/c1-4-25(5-2)30(27,28)15-12-13-20-19(14-15)16-8-6-9-17(16)22(24-20)18-10-7-11-21(29-3)23(18)26/h6-8,10-14,16-17,22,24,26H,4-5,9H2,1-3H3. The summed E-state index contributed by atoms with van der Waals surface area (Å²) in [6.07, 6.45) is 5.15. The Hall–Kier alpha value is -2.51. The predicted octanol–water partition coefficient (Wildman–Crippen LogP) is 4.26. The number of benzene rings is 2. The maximum absolute atomic E-state index is 13.0. The van der Waals surface area contributed by atoms with Gasteiger partial charge in [0.1, 0.15) is 0 Å². The third-order valence-electron chi connectivity index (χ3n) is 6.26. The van der Waals surface area contributed by atoms with E-state index >= 15 is 0 Å². The van der Waals surface area contributed by atoms with Gasteiger partial charge >= 0.3 is 0 Å². The molecular formula is C23H28N2O4S. The molecule has 2 aromatic carbocycles. The Morgan fingerprint density at radius 3 is 2.63 bits per heavy atom. The SMILES string of the molecule is CCN(CC)S(=O)(=O)c1ccc2c(c1)C1C=CCC1C(c1cccc(OC)c1O)N2. The fourth-order valence-electron chi connectivity index (χ4n) is 4.71. The van der Waals surface area contributed by atoms with Crippen molar-refractivity contribution in [1.82, 2.24) is 4.31 Å². The van der Waals surface area contributed by atoms with E-state index in [1.54, 1.807) is 19.2 Å². The fourth-order valence-corrected chi connectivity index (χ4v) is 6.20. The lowest BCUT2D eigenvalue weighted by Gasteiger charge is -2.38. The summed E-state index contributed by atoms with van der Waals surface area (Å²) in [6, 6.07) is 10.8. The van der Waals surface area contributed by atoms with Gasteiger partial charge in [0.05, 0.1) is 18.0 Å². The molecule has 0 bridgehead atoms. The zero-order valence-corrected chi connectivity index (χ0v) is 18.3. The van der Waals surface area contributed by atoms with E-state index in [2.05, 4.69) is 17.5 Å². The van der Waals surface area contributed by atoms with Crippen molar-refractivity contribution in [3.63, 3.8) is 0 Å². The number of aromatic hydroxyl groups is 1. The first-order valence-electron chi connectivity index (χ1n) is 10.4. The number of rotatable bonds is 6. The minimum absolute atomic E-state index is 0.0868. The van der Waals surface area contributed by atoms with Crippen molar-refractivity contribution in [2.45, 2.75) is 37.1 Å². The van der Waals surface area contributed by atoms with Crippen LogP contribution in [0.1, 0.15) is 43.4 Å². The third kappa shape index (κ3) is 3.26. The minimum Gasteiger partial charge on any atom is -0.504 e. The highest BCUT2D eigenvalue weighted by Crippen LogP contribution is 2.52. The van der Waals surface area contributed by atoms with Crippen molar-refractivity contribution in [2.24, 2.45) is 5.92 Å². The lowest BCUT2D eigenvalue weighted by molar-refractivity contribution is 0.358. The smallest absolute Gasteiger partial charge is 0.243 e. The van der Waals surface area contributed by atoms with Gasteiger partial charge in [-0.1, -0.05) is 38.1 Å².